The van der Waals surface area contributed by atoms with Gasteiger partial charge in [0.15, 0.2) is 0 Å². The second-order valence-electron chi connectivity index (χ2n) is 7.58. The smallest absolute Gasteiger partial charge is 0.228 e. The molecule has 1 aromatic heterocycles. The van der Waals surface area contributed by atoms with Crippen LogP contribution in [0.15, 0.2) is 66.0 Å². The van der Waals surface area contributed by atoms with Gasteiger partial charge in [0.2, 0.25) is 11.8 Å². The van der Waals surface area contributed by atoms with E-state index in [1.807, 2.05) is 58.8 Å². The molecule has 2 aromatic carbocycles. The minimum Gasteiger partial charge on any atom is -0.342 e. The Hall–Kier alpha value is -2.99. The first-order valence-electron chi connectivity index (χ1n) is 10.3. The molecule has 30 heavy (non-hydrogen) atoms. The van der Waals surface area contributed by atoms with E-state index >= 15 is 0 Å². The number of benzene rings is 2. The third-order valence-corrected chi connectivity index (χ3v) is 6.29. The number of anilines is 1. The van der Waals surface area contributed by atoms with Crippen molar-refractivity contribution in [2.24, 2.45) is 5.92 Å². The largest absolute Gasteiger partial charge is 0.342 e. The highest BCUT2D eigenvalue weighted by Gasteiger charge is 2.27. The molecule has 3 aromatic rings. The molecule has 4 rings (SSSR count). The van der Waals surface area contributed by atoms with Crippen molar-refractivity contribution < 1.29 is 9.59 Å². The van der Waals surface area contributed by atoms with Crippen LogP contribution in [0.3, 0.4) is 0 Å². The van der Waals surface area contributed by atoms with Crippen molar-refractivity contribution in [3.63, 3.8) is 0 Å². The zero-order valence-corrected chi connectivity index (χ0v) is 17.6. The van der Waals surface area contributed by atoms with Gasteiger partial charge in [-0.05, 0) is 30.5 Å². The maximum Gasteiger partial charge on any atom is 0.228 e. The molecule has 6 heteroatoms. The third-order valence-electron chi connectivity index (χ3n) is 5.39. The van der Waals surface area contributed by atoms with E-state index in [9.17, 15) is 9.59 Å². The average Bonchev–Trinajstić information content (AvgIpc) is 3.22. The molecule has 2 amide bonds. The summed E-state index contributed by atoms with van der Waals surface area (Å²) in [6.07, 6.45) is 2.51. The average molecular weight is 420 g/mol. The lowest BCUT2D eigenvalue weighted by atomic mass is 9.95. The summed E-state index contributed by atoms with van der Waals surface area (Å²) in [5.74, 6) is 0.0813. The van der Waals surface area contributed by atoms with Gasteiger partial charge in [-0.3, -0.25) is 9.59 Å². The minimum atomic E-state index is -0.0500. The number of hydrogen-bond donors (Lipinski definition) is 1. The van der Waals surface area contributed by atoms with Crippen LogP contribution in [0.4, 0.5) is 5.69 Å². The van der Waals surface area contributed by atoms with E-state index in [0.717, 1.165) is 22.8 Å². The molecule has 0 spiro atoms. The first-order chi connectivity index (χ1) is 14.7. The molecule has 1 saturated heterocycles. The van der Waals surface area contributed by atoms with Crippen LogP contribution in [0.2, 0.25) is 0 Å². The number of carbonyl (C=O) groups excluding carboxylic acids is 2. The zero-order chi connectivity index (χ0) is 20.8. The number of carbonyl (C=O) groups is 2. The van der Waals surface area contributed by atoms with Crippen LogP contribution in [-0.4, -0.2) is 34.8 Å². The second kappa shape index (κ2) is 9.67. The number of nitrogens with one attached hydrogen (secondary N) is 1. The Balaban J connectivity index is 1.25. The standard InChI is InChI=1S/C24H25N3O2S/c28-23(16-21-17-30-22(25-21)15-18-7-3-1-4-8-18)27-13-11-19(12-14-27)24(29)26-20-9-5-2-6-10-20/h1-10,17,19H,11-16H2,(H,26,29). The fourth-order valence-electron chi connectivity index (χ4n) is 3.71. The Morgan fingerprint density at radius 2 is 1.67 bits per heavy atom. The van der Waals surface area contributed by atoms with Gasteiger partial charge in [0.1, 0.15) is 0 Å². The lowest BCUT2D eigenvalue weighted by Crippen LogP contribution is -2.42. The van der Waals surface area contributed by atoms with Gasteiger partial charge in [0.25, 0.3) is 0 Å². The number of aromatic nitrogens is 1. The van der Waals surface area contributed by atoms with Gasteiger partial charge >= 0.3 is 0 Å². The highest BCUT2D eigenvalue weighted by molar-refractivity contribution is 7.09. The van der Waals surface area contributed by atoms with Gasteiger partial charge in [-0.1, -0.05) is 48.5 Å². The molecule has 1 aliphatic rings. The molecule has 2 heterocycles. The summed E-state index contributed by atoms with van der Waals surface area (Å²) in [6, 6.07) is 19.7. The van der Waals surface area contributed by atoms with Crippen molar-refractivity contribution in [3.05, 3.63) is 82.3 Å². The van der Waals surface area contributed by atoms with Gasteiger partial charge in [-0.2, -0.15) is 0 Å². The fourth-order valence-corrected chi connectivity index (χ4v) is 4.53. The monoisotopic (exact) mass is 419 g/mol. The highest BCUT2D eigenvalue weighted by Crippen LogP contribution is 2.21. The van der Waals surface area contributed by atoms with Gasteiger partial charge < -0.3 is 10.2 Å². The van der Waals surface area contributed by atoms with Crippen LogP contribution >= 0.6 is 11.3 Å². The van der Waals surface area contributed by atoms with Crippen LogP contribution in [0.5, 0.6) is 0 Å². The lowest BCUT2D eigenvalue weighted by molar-refractivity contribution is -0.133. The summed E-state index contributed by atoms with van der Waals surface area (Å²) in [4.78, 5) is 31.7. The van der Waals surface area contributed by atoms with Crippen LogP contribution < -0.4 is 5.32 Å². The topological polar surface area (TPSA) is 62.3 Å². The fraction of sp³-hybridized carbons (Fsp3) is 0.292. The van der Waals surface area contributed by atoms with Gasteiger partial charge in [-0.25, -0.2) is 4.98 Å². The molecule has 0 bridgehead atoms. The molecular formula is C24H25N3O2S. The van der Waals surface area contributed by atoms with E-state index in [2.05, 4.69) is 22.4 Å². The Morgan fingerprint density at radius 3 is 2.37 bits per heavy atom. The van der Waals surface area contributed by atoms with E-state index < -0.39 is 0 Å². The van der Waals surface area contributed by atoms with Crippen molar-refractivity contribution >= 4 is 28.8 Å². The highest BCUT2D eigenvalue weighted by atomic mass is 32.1. The Kier molecular flexibility index (Phi) is 6.54. The normalized spacial score (nSPS) is 14.5. The van der Waals surface area contributed by atoms with Crippen molar-refractivity contribution in [1.29, 1.82) is 0 Å². The number of piperidine rings is 1. The Morgan fingerprint density at radius 1 is 1.00 bits per heavy atom. The van der Waals surface area contributed by atoms with Gasteiger partial charge in [0.05, 0.1) is 17.1 Å². The number of para-hydroxylation sites is 1. The summed E-state index contributed by atoms with van der Waals surface area (Å²) in [6.45, 7) is 1.24. The van der Waals surface area contributed by atoms with Crippen molar-refractivity contribution in [1.82, 2.24) is 9.88 Å². The summed E-state index contributed by atoms with van der Waals surface area (Å²) in [5, 5.41) is 5.98. The maximum absolute atomic E-state index is 12.7. The van der Waals surface area contributed by atoms with Crippen LogP contribution in [-0.2, 0) is 22.4 Å². The maximum atomic E-state index is 12.7. The number of nitrogens with zero attached hydrogens (tertiary/aromatic N) is 2. The van der Waals surface area contributed by atoms with Crippen molar-refractivity contribution in [2.75, 3.05) is 18.4 Å². The van der Waals surface area contributed by atoms with E-state index in [1.54, 1.807) is 11.3 Å². The predicted molar refractivity (Wildman–Crippen MR) is 119 cm³/mol. The molecule has 1 aliphatic heterocycles. The Labute approximate surface area is 180 Å². The molecule has 0 unspecified atom stereocenters. The molecule has 1 fully saturated rings. The quantitative estimate of drug-likeness (QED) is 0.653. The summed E-state index contributed by atoms with van der Waals surface area (Å²) in [5.41, 5.74) is 2.87. The molecule has 5 nitrogen and oxygen atoms in total. The second-order valence-corrected chi connectivity index (χ2v) is 8.52. The van der Waals surface area contributed by atoms with Crippen LogP contribution in [0.1, 0.15) is 29.1 Å². The SMILES string of the molecule is O=C(Nc1ccccc1)C1CCN(C(=O)Cc2csc(Cc3ccccc3)n2)CC1. The molecular weight excluding hydrogens is 394 g/mol. The predicted octanol–water partition coefficient (Wildman–Crippen LogP) is 4.15. The first kappa shape index (κ1) is 20.3. The zero-order valence-electron chi connectivity index (χ0n) is 16.8. The number of thiazole rings is 1. The van der Waals surface area contributed by atoms with Crippen molar-refractivity contribution in [3.8, 4) is 0 Å². The van der Waals surface area contributed by atoms with Crippen LogP contribution in [0.25, 0.3) is 0 Å². The molecule has 0 saturated carbocycles. The summed E-state index contributed by atoms with van der Waals surface area (Å²) < 4.78 is 0. The van der Waals surface area contributed by atoms with Gasteiger partial charge in [0, 0.05) is 36.5 Å². The molecule has 0 radical (unpaired) electrons. The summed E-state index contributed by atoms with van der Waals surface area (Å²) in [7, 11) is 0. The van der Waals surface area contributed by atoms with Crippen molar-refractivity contribution in [2.45, 2.75) is 25.7 Å². The number of rotatable bonds is 6. The Bertz CT molecular complexity index is 980. The number of likely N-dealkylation sites (tertiary alicyclic amines) is 1. The third kappa shape index (κ3) is 5.33. The molecule has 0 aliphatic carbocycles. The number of amides is 2. The van der Waals surface area contributed by atoms with E-state index in [0.29, 0.717) is 32.4 Å². The van der Waals surface area contributed by atoms with E-state index in [-0.39, 0.29) is 17.7 Å². The first-order valence-corrected chi connectivity index (χ1v) is 11.2. The molecule has 1 N–H and O–H groups in total. The molecule has 0 atom stereocenters. The van der Waals surface area contributed by atoms with E-state index in [1.165, 1.54) is 5.56 Å². The number of hydrogen-bond acceptors (Lipinski definition) is 4. The van der Waals surface area contributed by atoms with Crippen LogP contribution in [0, 0.1) is 5.92 Å². The van der Waals surface area contributed by atoms with Gasteiger partial charge in [-0.15, -0.1) is 11.3 Å². The minimum absolute atomic E-state index is 0.0401. The van der Waals surface area contributed by atoms with E-state index in [4.69, 9.17) is 0 Å². The summed E-state index contributed by atoms with van der Waals surface area (Å²) >= 11 is 1.60. The lowest BCUT2D eigenvalue weighted by Gasteiger charge is -2.31. The molecule has 154 valence electrons.